The van der Waals surface area contributed by atoms with Gasteiger partial charge in [0.15, 0.2) is 0 Å². The van der Waals surface area contributed by atoms with Crippen LogP contribution in [0, 0.1) is 0 Å². The minimum atomic E-state index is 0. The summed E-state index contributed by atoms with van der Waals surface area (Å²) in [5, 5.41) is 6.06. The summed E-state index contributed by atoms with van der Waals surface area (Å²) in [6.45, 7) is 0. The van der Waals surface area contributed by atoms with Crippen LogP contribution in [-0.4, -0.2) is 57.2 Å². The molecule has 0 amide bonds. The first-order chi connectivity index (χ1) is 19.8. The van der Waals surface area contributed by atoms with Crippen molar-refractivity contribution in [2.45, 2.75) is 0 Å². The number of rotatable bonds is 0. The first kappa shape index (κ1) is 24.0. The van der Waals surface area contributed by atoms with Crippen LogP contribution in [0.15, 0.2) is 97.1 Å². The summed E-state index contributed by atoms with van der Waals surface area (Å²) in [6, 6.07) is 32.7. The fourth-order valence-corrected chi connectivity index (χ4v) is 5.73. The van der Waals surface area contributed by atoms with Gasteiger partial charge in [-0.15, -0.1) is 0 Å². The monoisotopic (exact) mass is 724 g/mol. The molecule has 1 aliphatic rings. The Kier molecular flexibility index (Phi) is 5.33. The van der Waals surface area contributed by atoms with Crippen LogP contribution in [0.1, 0.15) is 0 Å². The number of hydrogen-bond acceptors (Lipinski definition) is 2. The molecule has 0 fully saturated rings. The van der Waals surface area contributed by atoms with Gasteiger partial charge in [0.05, 0.1) is 11.5 Å². The molecule has 0 unspecified atom stereocenters. The van der Waals surface area contributed by atoms with Crippen molar-refractivity contribution in [1.82, 2.24) is 39.9 Å². The third-order valence-corrected chi connectivity index (χ3v) is 7.59. The first-order valence-corrected chi connectivity index (χ1v) is 13.1. The molecule has 8 aromatic rings. The van der Waals surface area contributed by atoms with Crippen LogP contribution >= 0.6 is 0 Å². The molecule has 41 heavy (non-hydrogen) atoms. The Morgan fingerprint density at radius 2 is 0.902 bits per heavy atom. The summed E-state index contributed by atoms with van der Waals surface area (Å²) in [6.07, 6.45) is 0. The van der Waals surface area contributed by atoms with E-state index in [1.165, 1.54) is 0 Å². The van der Waals surface area contributed by atoms with Crippen molar-refractivity contribution in [2.24, 2.45) is 0 Å². The Labute approximate surface area is 252 Å². The quantitative estimate of drug-likeness (QED) is 0.130. The zero-order valence-electron chi connectivity index (χ0n) is 21.5. The van der Waals surface area contributed by atoms with Crippen molar-refractivity contribution in [1.29, 1.82) is 0 Å². The molecule has 9 heteroatoms. The van der Waals surface area contributed by atoms with Gasteiger partial charge in [-0.1, -0.05) is 97.1 Å². The number of hydrogen-bond donors (Lipinski definition) is 4. The molecule has 1 aliphatic heterocycles. The van der Waals surface area contributed by atoms with E-state index in [0.717, 1.165) is 77.3 Å². The van der Waals surface area contributed by atoms with Gasteiger partial charge in [-0.2, -0.15) is 0 Å². The van der Waals surface area contributed by atoms with Gasteiger partial charge >= 0.3 is 27.3 Å². The molecule has 4 N–H and O–H groups in total. The van der Waals surface area contributed by atoms with Crippen LogP contribution in [0.2, 0.25) is 0 Å². The van der Waals surface area contributed by atoms with Crippen molar-refractivity contribution in [3.8, 4) is 22.8 Å². The Hall–Kier alpha value is -4.84. The number of fused-ring (bicyclic) bond motifs is 20. The van der Waals surface area contributed by atoms with Crippen LogP contribution in [0.5, 0.6) is 0 Å². The smallest absolute Gasteiger partial charge is 0.411 e. The molecule has 0 spiro atoms. The summed E-state index contributed by atoms with van der Waals surface area (Å²) in [7, 11) is 0. The maximum absolute atomic E-state index is 5.04. The van der Waals surface area contributed by atoms with Crippen LogP contribution in [-0.2, 0) is 0 Å². The SMILES string of the molecule is [Pb+2].c1ccc2c(c1)-c1nc-2[n-]c2[nH]c([nH]c3[n-]c([nH]c4[nH]c(n1)c1ccccc41)c1ccccc31)c1ccccc21. The Balaban J connectivity index is 0.00000256. The minimum Gasteiger partial charge on any atom is -0.411 e. The first-order valence-electron chi connectivity index (χ1n) is 13.1. The van der Waals surface area contributed by atoms with Crippen LogP contribution < -0.4 is 9.97 Å². The van der Waals surface area contributed by atoms with E-state index in [0.29, 0.717) is 11.6 Å². The number of aromatic amines is 4. The fourth-order valence-electron chi connectivity index (χ4n) is 5.73. The average molecular weight is 724 g/mol. The molecular formula is C32H20N8Pb. The number of nitrogens with one attached hydrogen (secondary N) is 4. The molecule has 8 nitrogen and oxygen atoms in total. The zero-order valence-corrected chi connectivity index (χ0v) is 25.4. The van der Waals surface area contributed by atoms with E-state index >= 15 is 0 Å². The second-order valence-electron chi connectivity index (χ2n) is 9.92. The molecule has 9 rings (SSSR count). The summed E-state index contributed by atoms with van der Waals surface area (Å²) in [4.78, 5) is 34.2. The van der Waals surface area contributed by atoms with Gasteiger partial charge in [0.25, 0.3) is 0 Å². The normalized spacial score (nSPS) is 11.7. The van der Waals surface area contributed by atoms with E-state index in [-0.39, 0.29) is 27.3 Å². The van der Waals surface area contributed by atoms with Gasteiger partial charge in [0.1, 0.15) is 5.65 Å². The summed E-state index contributed by atoms with van der Waals surface area (Å²) < 4.78 is 0. The van der Waals surface area contributed by atoms with Crippen LogP contribution in [0.3, 0.4) is 0 Å². The topological polar surface area (TPSA) is 117 Å². The van der Waals surface area contributed by atoms with Gasteiger partial charge in [0.2, 0.25) is 0 Å². The zero-order chi connectivity index (χ0) is 26.2. The number of benzene rings is 4. The molecule has 8 bridgehead atoms. The van der Waals surface area contributed by atoms with E-state index in [4.69, 9.17) is 19.9 Å². The summed E-state index contributed by atoms with van der Waals surface area (Å²) >= 11 is 0. The van der Waals surface area contributed by atoms with Gasteiger partial charge in [-0.05, 0) is 27.1 Å². The van der Waals surface area contributed by atoms with E-state index < -0.39 is 0 Å². The van der Waals surface area contributed by atoms with Gasteiger partial charge in [0, 0.05) is 44.7 Å². The predicted molar refractivity (Wildman–Crippen MR) is 165 cm³/mol. The third kappa shape index (κ3) is 3.63. The van der Waals surface area contributed by atoms with Gasteiger partial charge in [-0.25, -0.2) is 4.98 Å². The molecule has 192 valence electrons. The molecule has 0 aliphatic carbocycles. The number of H-pyrrole nitrogens is 4. The second kappa shape index (κ2) is 9.10. The maximum atomic E-state index is 5.04. The van der Waals surface area contributed by atoms with Gasteiger partial charge in [-0.3, -0.25) is 0 Å². The second-order valence-corrected chi connectivity index (χ2v) is 9.92. The van der Waals surface area contributed by atoms with Crippen molar-refractivity contribution in [2.75, 3.05) is 0 Å². The van der Waals surface area contributed by atoms with Crippen molar-refractivity contribution < 1.29 is 0 Å². The predicted octanol–water partition coefficient (Wildman–Crippen LogP) is 6.70. The largest absolute Gasteiger partial charge is 2.00 e. The minimum absolute atomic E-state index is 0. The Morgan fingerprint density at radius 3 is 1.56 bits per heavy atom. The summed E-state index contributed by atoms with van der Waals surface area (Å²) in [5.41, 5.74) is 6.49. The maximum Gasteiger partial charge on any atom is 2.00 e. The van der Waals surface area contributed by atoms with E-state index in [9.17, 15) is 0 Å². The average Bonchev–Trinajstić information content (AvgIpc) is 3.73. The molecule has 0 atom stereocenters. The van der Waals surface area contributed by atoms with Crippen molar-refractivity contribution in [3.63, 3.8) is 0 Å². The number of nitrogens with zero attached hydrogens (tertiary/aromatic N) is 4. The molecule has 4 aromatic carbocycles. The summed E-state index contributed by atoms with van der Waals surface area (Å²) in [5.74, 6) is 1.24. The Morgan fingerprint density at radius 1 is 0.439 bits per heavy atom. The van der Waals surface area contributed by atoms with E-state index in [2.05, 4.69) is 56.3 Å². The molecule has 5 heterocycles. The third-order valence-electron chi connectivity index (χ3n) is 7.59. The van der Waals surface area contributed by atoms with Gasteiger partial charge < -0.3 is 34.9 Å². The Bertz CT molecular complexity index is 2290. The van der Waals surface area contributed by atoms with Crippen molar-refractivity contribution >= 4 is 93.5 Å². The molecule has 2 radical (unpaired) electrons. The van der Waals surface area contributed by atoms with E-state index in [1.807, 2.05) is 60.7 Å². The number of aromatic nitrogens is 8. The van der Waals surface area contributed by atoms with Crippen LogP contribution in [0.25, 0.3) is 89.0 Å². The molecule has 4 aromatic heterocycles. The van der Waals surface area contributed by atoms with Crippen molar-refractivity contribution in [3.05, 3.63) is 97.1 Å². The molecule has 0 saturated heterocycles. The molecule has 0 saturated carbocycles. The standard InChI is InChI=1S/C32H20N8.Pb/c1-2-10-18-17(9-1)25-33-26(18)38-28-21-13-5-6-14-22(21)30(35-28)40-32-24-16-8-7-15-23(24)31(36-32)39-29-20-12-4-3-11-19(20)27(34-29)37-25;/h1-16,33,36-37,39H;/q-2;+2. The van der Waals surface area contributed by atoms with Crippen LogP contribution in [0.4, 0.5) is 0 Å². The van der Waals surface area contributed by atoms with E-state index in [1.54, 1.807) is 0 Å². The fraction of sp³-hybridized carbons (Fsp3) is 0. The molecular weight excluding hydrogens is 704 g/mol.